The van der Waals surface area contributed by atoms with Gasteiger partial charge in [-0.05, 0) is 31.4 Å². The molecule has 2 aliphatic heterocycles. The average Bonchev–Trinajstić information content (AvgIpc) is 3.57. The molecule has 6 rings (SSSR count). The maximum atomic E-state index is 5.60. The number of fused-ring (bicyclic) bond motifs is 2. The molecule has 0 bridgehead atoms. The van der Waals surface area contributed by atoms with Gasteiger partial charge in [0.2, 0.25) is 5.95 Å². The van der Waals surface area contributed by atoms with E-state index < -0.39 is 0 Å². The Morgan fingerprint density at radius 3 is 2.71 bits per heavy atom. The van der Waals surface area contributed by atoms with E-state index in [4.69, 9.17) is 29.4 Å². The van der Waals surface area contributed by atoms with Crippen molar-refractivity contribution in [1.29, 1.82) is 0 Å². The van der Waals surface area contributed by atoms with Crippen LogP contribution in [-0.4, -0.2) is 75.1 Å². The Morgan fingerprint density at radius 2 is 1.88 bits per heavy atom. The molecule has 5 heterocycles. The second-order valence-electron chi connectivity index (χ2n) is 9.05. The summed E-state index contributed by atoms with van der Waals surface area (Å²) in [5.74, 6) is 3.85. The van der Waals surface area contributed by atoms with Crippen molar-refractivity contribution in [1.82, 2.24) is 34.4 Å². The summed E-state index contributed by atoms with van der Waals surface area (Å²) in [7, 11) is 2.03. The van der Waals surface area contributed by atoms with Crippen LogP contribution in [0.5, 0.6) is 0 Å². The van der Waals surface area contributed by atoms with Gasteiger partial charge in [0.15, 0.2) is 17.0 Å². The standard InChI is InChI=1S/C24H30N8O2/c1-16-26-18-5-3-4-6-19(18)32(16)24-28-22-21(23(29-24)31-8-11-33-12-9-31)27-20(30(22)2)14-25-13-17-7-10-34-15-17/h3-6,17,25H,7-15H2,1-2H3. The minimum atomic E-state index is 0.572. The smallest absolute Gasteiger partial charge is 0.239 e. The van der Waals surface area contributed by atoms with Crippen molar-refractivity contribution >= 4 is 28.0 Å². The molecule has 2 saturated heterocycles. The lowest BCUT2D eigenvalue weighted by Crippen LogP contribution is -2.37. The summed E-state index contributed by atoms with van der Waals surface area (Å²) < 4.78 is 15.2. The predicted molar refractivity (Wildman–Crippen MR) is 129 cm³/mol. The molecule has 0 amide bonds. The van der Waals surface area contributed by atoms with Gasteiger partial charge in [-0.2, -0.15) is 9.97 Å². The second-order valence-corrected chi connectivity index (χ2v) is 9.05. The van der Waals surface area contributed by atoms with Crippen molar-refractivity contribution in [2.45, 2.75) is 19.9 Å². The molecule has 0 aliphatic carbocycles. The minimum absolute atomic E-state index is 0.572. The molecule has 2 aliphatic rings. The van der Waals surface area contributed by atoms with E-state index in [1.54, 1.807) is 0 Å². The maximum absolute atomic E-state index is 5.60. The Morgan fingerprint density at radius 1 is 1.03 bits per heavy atom. The number of nitrogens with zero attached hydrogens (tertiary/aromatic N) is 7. The van der Waals surface area contributed by atoms with E-state index in [0.717, 1.165) is 78.9 Å². The molecule has 1 atom stereocenters. The van der Waals surface area contributed by atoms with Crippen LogP contribution >= 0.6 is 0 Å². The number of rotatable bonds is 6. The average molecular weight is 463 g/mol. The predicted octanol–water partition coefficient (Wildman–Crippen LogP) is 1.97. The van der Waals surface area contributed by atoms with Crippen LogP contribution < -0.4 is 10.2 Å². The van der Waals surface area contributed by atoms with Crippen LogP contribution in [-0.2, 0) is 23.1 Å². The Kier molecular flexibility index (Phi) is 5.64. The van der Waals surface area contributed by atoms with E-state index in [1.807, 2.05) is 36.7 Å². The number of morpholine rings is 1. The number of ether oxygens (including phenoxy) is 2. The van der Waals surface area contributed by atoms with Crippen LogP contribution in [0.4, 0.5) is 5.82 Å². The van der Waals surface area contributed by atoms with Crippen LogP contribution in [0, 0.1) is 12.8 Å². The fourth-order valence-corrected chi connectivity index (χ4v) is 4.87. The fraction of sp³-hybridized carbons (Fsp3) is 0.500. The van der Waals surface area contributed by atoms with Crippen LogP contribution in [0.3, 0.4) is 0 Å². The Bertz CT molecular complexity index is 1320. The van der Waals surface area contributed by atoms with E-state index in [9.17, 15) is 0 Å². The molecule has 0 spiro atoms. The molecule has 34 heavy (non-hydrogen) atoms. The van der Waals surface area contributed by atoms with Gasteiger partial charge in [0.25, 0.3) is 0 Å². The van der Waals surface area contributed by atoms with Crippen LogP contribution in [0.2, 0.25) is 0 Å². The normalized spacial score (nSPS) is 19.0. The topological polar surface area (TPSA) is 95.2 Å². The molecule has 4 aromatic rings. The van der Waals surface area contributed by atoms with Gasteiger partial charge in [-0.25, -0.2) is 9.97 Å². The molecular formula is C24H30N8O2. The highest BCUT2D eigenvalue weighted by Gasteiger charge is 2.24. The summed E-state index contributed by atoms with van der Waals surface area (Å²) >= 11 is 0. The van der Waals surface area contributed by atoms with Crippen molar-refractivity contribution in [3.8, 4) is 5.95 Å². The second kappa shape index (κ2) is 8.94. The van der Waals surface area contributed by atoms with Crippen molar-refractivity contribution in [2.75, 3.05) is 51.0 Å². The molecule has 178 valence electrons. The van der Waals surface area contributed by atoms with E-state index in [2.05, 4.69) is 20.9 Å². The molecule has 1 unspecified atom stereocenters. The van der Waals surface area contributed by atoms with Crippen LogP contribution in [0.25, 0.3) is 28.1 Å². The Labute approximate surface area is 197 Å². The molecule has 1 N–H and O–H groups in total. The highest BCUT2D eigenvalue weighted by atomic mass is 16.5. The number of imidazole rings is 2. The lowest BCUT2D eigenvalue weighted by Gasteiger charge is -2.28. The SMILES string of the molecule is Cc1nc2ccccc2n1-c1nc(N2CCOCC2)c2nc(CNCC3CCOC3)n(C)c2n1. The van der Waals surface area contributed by atoms with Gasteiger partial charge in [0.1, 0.15) is 11.6 Å². The lowest BCUT2D eigenvalue weighted by molar-refractivity contribution is 0.122. The van der Waals surface area contributed by atoms with E-state index in [0.29, 0.717) is 31.6 Å². The van der Waals surface area contributed by atoms with Crippen LogP contribution in [0.15, 0.2) is 24.3 Å². The van der Waals surface area contributed by atoms with Crippen molar-refractivity contribution in [2.24, 2.45) is 13.0 Å². The van der Waals surface area contributed by atoms with Crippen molar-refractivity contribution in [3.05, 3.63) is 35.9 Å². The highest BCUT2D eigenvalue weighted by molar-refractivity contribution is 5.86. The first-order chi connectivity index (χ1) is 16.7. The van der Waals surface area contributed by atoms with Gasteiger partial charge in [-0.3, -0.25) is 4.57 Å². The molecule has 0 saturated carbocycles. The zero-order valence-corrected chi connectivity index (χ0v) is 19.7. The van der Waals surface area contributed by atoms with Gasteiger partial charge in [0.05, 0.1) is 37.4 Å². The number of benzene rings is 1. The van der Waals surface area contributed by atoms with Crippen LogP contribution in [0.1, 0.15) is 18.1 Å². The third kappa shape index (κ3) is 3.81. The van der Waals surface area contributed by atoms with E-state index in [1.165, 1.54) is 0 Å². The van der Waals surface area contributed by atoms with Gasteiger partial charge >= 0.3 is 0 Å². The monoisotopic (exact) mass is 462 g/mol. The van der Waals surface area contributed by atoms with Gasteiger partial charge in [-0.15, -0.1) is 0 Å². The quantitative estimate of drug-likeness (QED) is 0.465. The summed E-state index contributed by atoms with van der Waals surface area (Å²) in [5, 5.41) is 3.56. The molecule has 2 fully saturated rings. The maximum Gasteiger partial charge on any atom is 0.239 e. The molecule has 10 nitrogen and oxygen atoms in total. The van der Waals surface area contributed by atoms with Gasteiger partial charge < -0.3 is 24.3 Å². The largest absolute Gasteiger partial charge is 0.381 e. The lowest BCUT2D eigenvalue weighted by atomic mass is 10.1. The minimum Gasteiger partial charge on any atom is -0.381 e. The number of anilines is 1. The zero-order valence-electron chi connectivity index (χ0n) is 19.7. The first-order valence-corrected chi connectivity index (χ1v) is 12.0. The van der Waals surface area contributed by atoms with Gasteiger partial charge in [-0.1, -0.05) is 12.1 Å². The first kappa shape index (κ1) is 21.5. The Balaban J connectivity index is 1.43. The number of aromatic nitrogens is 6. The molecular weight excluding hydrogens is 432 g/mol. The summed E-state index contributed by atoms with van der Waals surface area (Å²) in [5.41, 5.74) is 3.58. The van der Waals surface area contributed by atoms with Crippen molar-refractivity contribution < 1.29 is 9.47 Å². The van der Waals surface area contributed by atoms with E-state index >= 15 is 0 Å². The van der Waals surface area contributed by atoms with Crippen molar-refractivity contribution in [3.63, 3.8) is 0 Å². The molecule has 10 heteroatoms. The molecule has 1 aromatic carbocycles. The summed E-state index contributed by atoms with van der Waals surface area (Å²) in [6.45, 7) is 8.21. The molecule has 3 aromatic heterocycles. The van der Waals surface area contributed by atoms with E-state index in [-0.39, 0.29) is 0 Å². The number of nitrogens with one attached hydrogen (secondary N) is 1. The fourth-order valence-electron chi connectivity index (χ4n) is 4.87. The highest BCUT2D eigenvalue weighted by Crippen LogP contribution is 2.28. The number of aryl methyl sites for hydroxylation is 2. The number of hydrogen-bond donors (Lipinski definition) is 1. The zero-order chi connectivity index (χ0) is 23.1. The third-order valence-electron chi connectivity index (χ3n) is 6.76. The third-order valence-corrected chi connectivity index (χ3v) is 6.76. The summed E-state index contributed by atoms with van der Waals surface area (Å²) in [6.07, 6.45) is 1.11. The van der Waals surface area contributed by atoms with Gasteiger partial charge in [0, 0.05) is 33.3 Å². The number of hydrogen-bond acceptors (Lipinski definition) is 8. The summed E-state index contributed by atoms with van der Waals surface area (Å²) in [6, 6.07) is 8.09. The summed E-state index contributed by atoms with van der Waals surface area (Å²) in [4.78, 5) is 22.0. The molecule has 0 radical (unpaired) electrons. The first-order valence-electron chi connectivity index (χ1n) is 12.0. The number of para-hydroxylation sites is 2. The Hall–Kier alpha value is -3.08.